The zero-order valence-corrected chi connectivity index (χ0v) is 12.3. The lowest BCUT2D eigenvalue weighted by atomic mass is 9.84. The average molecular weight is 274 g/mol. The van der Waals surface area contributed by atoms with Gasteiger partial charge in [0.15, 0.2) is 0 Å². The summed E-state index contributed by atoms with van der Waals surface area (Å²) in [6.07, 6.45) is 6.55. The SMILES string of the molecule is CCC1CCCC(NC(=O)C(N)Cc2ccccc2)C1. The maximum atomic E-state index is 12.2. The Morgan fingerprint density at radius 2 is 2.10 bits per heavy atom. The molecule has 0 aromatic heterocycles. The third-order valence-electron chi connectivity index (χ3n) is 4.34. The highest BCUT2D eigenvalue weighted by molar-refractivity contribution is 5.82. The molecule has 3 N–H and O–H groups in total. The van der Waals surface area contributed by atoms with E-state index in [9.17, 15) is 4.79 Å². The van der Waals surface area contributed by atoms with Crippen LogP contribution in [0.3, 0.4) is 0 Å². The molecular formula is C17H26N2O. The van der Waals surface area contributed by atoms with Crippen LogP contribution in [0.5, 0.6) is 0 Å². The van der Waals surface area contributed by atoms with Crippen LogP contribution < -0.4 is 11.1 Å². The van der Waals surface area contributed by atoms with Gasteiger partial charge in [-0.15, -0.1) is 0 Å². The van der Waals surface area contributed by atoms with Gasteiger partial charge in [-0.2, -0.15) is 0 Å². The van der Waals surface area contributed by atoms with Crippen LogP contribution in [0.2, 0.25) is 0 Å². The van der Waals surface area contributed by atoms with Gasteiger partial charge in [0, 0.05) is 6.04 Å². The van der Waals surface area contributed by atoms with Crippen LogP contribution in [0.1, 0.15) is 44.6 Å². The first-order valence-electron chi connectivity index (χ1n) is 7.79. The third kappa shape index (κ3) is 4.34. The van der Waals surface area contributed by atoms with E-state index in [0.717, 1.165) is 24.3 Å². The molecule has 1 aliphatic carbocycles. The lowest BCUT2D eigenvalue weighted by Gasteiger charge is -2.29. The molecule has 2 rings (SSSR count). The fourth-order valence-electron chi connectivity index (χ4n) is 3.06. The van der Waals surface area contributed by atoms with Gasteiger partial charge in [-0.25, -0.2) is 0 Å². The van der Waals surface area contributed by atoms with E-state index in [1.165, 1.54) is 19.3 Å². The number of amides is 1. The Morgan fingerprint density at radius 3 is 2.80 bits per heavy atom. The van der Waals surface area contributed by atoms with Gasteiger partial charge in [-0.1, -0.05) is 56.5 Å². The zero-order chi connectivity index (χ0) is 14.4. The molecule has 0 spiro atoms. The molecule has 0 radical (unpaired) electrons. The summed E-state index contributed by atoms with van der Waals surface area (Å²) >= 11 is 0. The second-order valence-corrected chi connectivity index (χ2v) is 5.94. The Hall–Kier alpha value is -1.35. The normalized spacial score (nSPS) is 24.1. The average Bonchev–Trinajstić information content (AvgIpc) is 2.48. The van der Waals surface area contributed by atoms with Gasteiger partial charge in [0.2, 0.25) is 5.91 Å². The van der Waals surface area contributed by atoms with Crippen molar-refractivity contribution >= 4 is 5.91 Å². The molecule has 1 fully saturated rings. The van der Waals surface area contributed by atoms with Crippen LogP contribution >= 0.6 is 0 Å². The minimum Gasteiger partial charge on any atom is -0.352 e. The molecule has 1 aromatic rings. The van der Waals surface area contributed by atoms with Gasteiger partial charge in [0.05, 0.1) is 6.04 Å². The number of nitrogens with two attached hydrogens (primary N) is 1. The molecule has 1 amide bonds. The van der Waals surface area contributed by atoms with Crippen molar-refractivity contribution < 1.29 is 4.79 Å². The number of nitrogens with one attached hydrogen (secondary N) is 1. The summed E-state index contributed by atoms with van der Waals surface area (Å²) < 4.78 is 0. The van der Waals surface area contributed by atoms with Crippen LogP contribution in [-0.2, 0) is 11.2 Å². The number of rotatable bonds is 5. The number of hydrogen-bond acceptors (Lipinski definition) is 2. The summed E-state index contributed by atoms with van der Waals surface area (Å²) in [5.74, 6) is 0.759. The van der Waals surface area contributed by atoms with Crippen molar-refractivity contribution in [3.63, 3.8) is 0 Å². The lowest BCUT2D eigenvalue weighted by molar-refractivity contribution is -0.123. The van der Waals surface area contributed by atoms with Crippen molar-refractivity contribution in [2.45, 2.75) is 57.5 Å². The molecule has 3 unspecified atom stereocenters. The number of carbonyl (C=O) groups excluding carboxylic acids is 1. The predicted octanol–water partition coefficient (Wildman–Crippen LogP) is 2.64. The maximum Gasteiger partial charge on any atom is 0.237 e. The van der Waals surface area contributed by atoms with Crippen LogP contribution in [0.15, 0.2) is 30.3 Å². The summed E-state index contributed by atoms with van der Waals surface area (Å²) in [5, 5.41) is 3.14. The predicted molar refractivity (Wildman–Crippen MR) is 82.3 cm³/mol. The first-order chi connectivity index (χ1) is 9.69. The summed E-state index contributed by atoms with van der Waals surface area (Å²) in [5.41, 5.74) is 7.14. The van der Waals surface area contributed by atoms with Gasteiger partial charge in [0.25, 0.3) is 0 Å². The second kappa shape index (κ2) is 7.44. The number of benzene rings is 1. The van der Waals surface area contributed by atoms with E-state index < -0.39 is 6.04 Å². The molecule has 3 atom stereocenters. The molecule has 3 nitrogen and oxygen atoms in total. The van der Waals surface area contributed by atoms with Crippen molar-refractivity contribution in [1.29, 1.82) is 0 Å². The molecule has 0 aliphatic heterocycles. The van der Waals surface area contributed by atoms with Gasteiger partial charge in [-0.05, 0) is 30.7 Å². The molecule has 0 heterocycles. The highest BCUT2D eigenvalue weighted by Crippen LogP contribution is 2.26. The van der Waals surface area contributed by atoms with E-state index in [-0.39, 0.29) is 5.91 Å². The number of carbonyl (C=O) groups is 1. The summed E-state index contributed by atoms with van der Waals surface area (Å²) in [7, 11) is 0. The van der Waals surface area contributed by atoms with Crippen LogP contribution in [0.25, 0.3) is 0 Å². The fourth-order valence-corrected chi connectivity index (χ4v) is 3.06. The smallest absolute Gasteiger partial charge is 0.237 e. The summed E-state index contributed by atoms with van der Waals surface area (Å²) in [6, 6.07) is 9.84. The zero-order valence-electron chi connectivity index (χ0n) is 12.3. The Bertz CT molecular complexity index is 418. The van der Waals surface area contributed by atoms with Crippen molar-refractivity contribution in [3.8, 4) is 0 Å². The Kier molecular flexibility index (Phi) is 5.60. The van der Waals surface area contributed by atoms with Gasteiger partial charge in [-0.3, -0.25) is 4.79 Å². The minimum atomic E-state index is -0.445. The molecule has 20 heavy (non-hydrogen) atoms. The van der Waals surface area contributed by atoms with Gasteiger partial charge < -0.3 is 11.1 Å². The molecule has 0 bridgehead atoms. The topological polar surface area (TPSA) is 55.1 Å². The first kappa shape index (κ1) is 15.0. The van der Waals surface area contributed by atoms with Crippen LogP contribution in [-0.4, -0.2) is 18.0 Å². The summed E-state index contributed by atoms with van der Waals surface area (Å²) in [4.78, 5) is 12.2. The highest BCUT2D eigenvalue weighted by atomic mass is 16.2. The van der Waals surface area contributed by atoms with E-state index in [1.54, 1.807) is 0 Å². The Morgan fingerprint density at radius 1 is 1.35 bits per heavy atom. The monoisotopic (exact) mass is 274 g/mol. The van der Waals surface area contributed by atoms with E-state index in [0.29, 0.717) is 12.5 Å². The Labute approximate surface area is 121 Å². The molecule has 110 valence electrons. The van der Waals surface area contributed by atoms with E-state index in [2.05, 4.69) is 12.2 Å². The lowest BCUT2D eigenvalue weighted by Crippen LogP contribution is -2.47. The van der Waals surface area contributed by atoms with Crippen LogP contribution in [0.4, 0.5) is 0 Å². The van der Waals surface area contributed by atoms with E-state index >= 15 is 0 Å². The molecular weight excluding hydrogens is 248 g/mol. The quantitative estimate of drug-likeness (QED) is 0.867. The van der Waals surface area contributed by atoms with E-state index in [1.807, 2.05) is 30.3 Å². The molecule has 1 saturated carbocycles. The van der Waals surface area contributed by atoms with Crippen LogP contribution in [0, 0.1) is 5.92 Å². The molecule has 3 heteroatoms. The minimum absolute atomic E-state index is 0.00407. The molecule has 1 aliphatic rings. The fraction of sp³-hybridized carbons (Fsp3) is 0.588. The number of hydrogen-bond donors (Lipinski definition) is 2. The maximum absolute atomic E-state index is 12.2. The van der Waals surface area contributed by atoms with Gasteiger partial charge >= 0.3 is 0 Å². The van der Waals surface area contributed by atoms with Crippen molar-refractivity contribution in [2.24, 2.45) is 11.7 Å². The van der Waals surface area contributed by atoms with Crippen molar-refractivity contribution in [1.82, 2.24) is 5.32 Å². The van der Waals surface area contributed by atoms with Crippen molar-refractivity contribution in [2.75, 3.05) is 0 Å². The first-order valence-corrected chi connectivity index (χ1v) is 7.79. The Balaban J connectivity index is 1.81. The standard InChI is InChI=1S/C17H26N2O/c1-2-13-9-6-10-15(11-13)19-17(20)16(18)12-14-7-4-3-5-8-14/h3-5,7-8,13,15-16H,2,6,9-12,18H2,1H3,(H,19,20). The van der Waals surface area contributed by atoms with E-state index in [4.69, 9.17) is 5.73 Å². The largest absolute Gasteiger partial charge is 0.352 e. The molecule has 0 saturated heterocycles. The highest BCUT2D eigenvalue weighted by Gasteiger charge is 2.24. The van der Waals surface area contributed by atoms with Gasteiger partial charge in [0.1, 0.15) is 0 Å². The second-order valence-electron chi connectivity index (χ2n) is 5.94. The van der Waals surface area contributed by atoms with Crippen molar-refractivity contribution in [3.05, 3.63) is 35.9 Å². The summed E-state index contributed by atoms with van der Waals surface area (Å²) in [6.45, 7) is 2.23. The molecule has 1 aromatic carbocycles. The third-order valence-corrected chi connectivity index (χ3v) is 4.34.